The Hall–Kier alpha value is 0.0500. The van der Waals surface area contributed by atoms with Gasteiger partial charge < -0.3 is 0 Å². The zero-order valence-electron chi connectivity index (χ0n) is 8.67. The van der Waals surface area contributed by atoms with Crippen molar-refractivity contribution in [1.29, 1.82) is 0 Å². The number of rotatable bonds is 7. The fourth-order valence-electron chi connectivity index (χ4n) is 1.55. The number of hydrogen-bond acceptors (Lipinski definition) is 2. The number of unbranched alkanes of at least 4 members (excludes halogenated alkanes) is 5. The SMILES string of the molecule is CCCCCCCCN1CC=CS1. The van der Waals surface area contributed by atoms with Gasteiger partial charge in [-0.1, -0.05) is 57.1 Å². The number of nitrogens with zero attached hydrogens (tertiary/aromatic N) is 1. The largest absolute Gasteiger partial charge is 0.243 e. The average Bonchev–Trinajstić information content (AvgIpc) is 2.63. The van der Waals surface area contributed by atoms with Crippen molar-refractivity contribution in [3.05, 3.63) is 11.5 Å². The van der Waals surface area contributed by atoms with Gasteiger partial charge in [0.2, 0.25) is 0 Å². The maximum Gasteiger partial charge on any atom is 0.0282 e. The van der Waals surface area contributed by atoms with Crippen molar-refractivity contribution < 1.29 is 0 Å². The second kappa shape index (κ2) is 7.45. The molecule has 0 amide bonds. The molecule has 0 fully saturated rings. The lowest BCUT2D eigenvalue weighted by molar-refractivity contribution is 0.485. The van der Waals surface area contributed by atoms with Crippen molar-refractivity contribution in [2.24, 2.45) is 0 Å². The summed E-state index contributed by atoms with van der Waals surface area (Å²) in [5.74, 6) is 0. The molecule has 1 rings (SSSR count). The molecule has 0 saturated carbocycles. The summed E-state index contributed by atoms with van der Waals surface area (Å²) in [6, 6.07) is 0. The molecule has 0 bridgehead atoms. The van der Waals surface area contributed by atoms with E-state index < -0.39 is 0 Å². The zero-order valence-corrected chi connectivity index (χ0v) is 9.48. The summed E-state index contributed by atoms with van der Waals surface area (Å²) in [5, 5.41) is 2.19. The van der Waals surface area contributed by atoms with Crippen LogP contribution in [0.5, 0.6) is 0 Å². The fourth-order valence-corrected chi connectivity index (χ4v) is 2.30. The maximum absolute atomic E-state index is 2.43. The lowest BCUT2D eigenvalue weighted by atomic mass is 10.1. The monoisotopic (exact) mass is 199 g/mol. The van der Waals surface area contributed by atoms with Crippen LogP contribution in [-0.2, 0) is 0 Å². The van der Waals surface area contributed by atoms with E-state index in [-0.39, 0.29) is 0 Å². The first-order valence-corrected chi connectivity index (χ1v) is 6.34. The topological polar surface area (TPSA) is 3.24 Å². The summed E-state index contributed by atoms with van der Waals surface area (Å²) in [6.07, 6.45) is 10.7. The quantitative estimate of drug-likeness (QED) is 0.453. The molecule has 1 aliphatic rings. The third-order valence-corrected chi connectivity index (χ3v) is 3.32. The molecule has 1 aliphatic heterocycles. The predicted molar refractivity (Wildman–Crippen MR) is 61.7 cm³/mol. The molecule has 0 saturated heterocycles. The molecule has 0 N–H and O–H groups in total. The van der Waals surface area contributed by atoms with E-state index in [0.717, 1.165) is 6.54 Å². The van der Waals surface area contributed by atoms with Gasteiger partial charge in [-0.2, -0.15) is 0 Å². The number of hydrogen-bond donors (Lipinski definition) is 0. The minimum absolute atomic E-state index is 1.15. The molecule has 13 heavy (non-hydrogen) atoms. The molecule has 1 heterocycles. The second-order valence-corrected chi connectivity index (χ2v) is 4.63. The standard InChI is InChI=1S/C11H21NS/c1-2-3-4-5-6-7-9-12-10-8-11-13-12/h8,11H,2-7,9-10H2,1H3. The minimum atomic E-state index is 1.15. The van der Waals surface area contributed by atoms with Crippen molar-refractivity contribution in [2.45, 2.75) is 45.4 Å². The predicted octanol–water partition coefficient (Wildman–Crippen LogP) is 3.82. The van der Waals surface area contributed by atoms with E-state index in [1.807, 2.05) is 11.9 Å². The summed E-state index contributed by atoms with van der Waals surface area (Å²) < 4.78 is 2.43. The van der Waals surface area contributed by atoms with Crippen LogP contribution in [-0.4, -0.2) is 17.4 Å². The molecule has 0 atom stereocenters. The Morgan fingerprint density at radius 1 is 1.15 bits per heavy atom. The first-order valence-electron chi connectivity index (χ1n) is 5.50. The normalized spacial score (nSPS) is 17.0. The molecular weight excluding hydrogens is 178 g/mol. The van der Waals surface area contributed by atoms with Crippen LogP contribution < -0.4 is 0 Å². The Balaban J connectivity index is 1.78. The van der Waals surface area contributed by atoms with Crippen molar-refractivity contribution in [1.82, 2.24) is 4.31 Å². The summed E-state index contributed by atoms with van der Waals surface area (Å²) in [7, 11) is 0. The van der Waals surface area contributed by atoms with Gasteiger partial charge >= 0.3 is 0 Å². The Labute approximate surface area is 86.7 Å². The Morgan fingerprint density at radius 2 is 1.92 bits per heavy atom. The fraction of sp³-hybridized carbons (Fsp3) is 0.818. The Bertz CT molecular complexity index is 137. The first kappa shape index (κ1) is 11.1. The highest BCUT2D eigenvalue weighted by atomic mass is 32.2. The molecule has 0 aromatic rings. The van der Waals surface area contributed by atoms with Crippen molar-refractivity contribution in [3.8, 4) is 0 Å². The van der Waals surface area contributed by atoms with Crippen LogP contribution in [0.25, 0.3) is 0 Å². The third kappa shape index (κ3) is 5.37. The van der Waals surface area contributed by atoms with E-state index in [0.29, 0.717) is 0 Å². The van der Waals surface area contributed by atoms with Gasteiger partial charge in [-0.15, -0.1) is 0 Å². The van der Waals surface area contributed by atoms with Gasteiger partial charge in [0.15, 0.2) is 0 Å². The summed E-state index contributed by atoms with van der Waals surface area (Å²) in [4.78, 5) is 0. The highest BCUT2D eigenvalue weighted by Crippen LogP contribution is 2.18. The molecule has 0 aromatic carbocycles. The van der Waals surface area contributed by atoms with Crippen LogP contribution in [0.15, 0.2) is 11.5 Å². The van der Waals surface area contributed by atoms with E-state index in [2.05, 4.69) is 22.7 Å². The van der Waals surface area contributed by atoms with Gasteiger partial charge in [-0.25, -0.2) is 4.31 Å². The van der Waals surface area contributed by atoms with Crippen LogP contribution in [0.3, 0.4) is 0 Å². The second-order valence-electron chi connectivity index (χ2n) is 3.63. The zero-order chi connectivity index (χ0) is 9.36. The third-order valence-electron chi connectivity index (χ3n) is 2.38. The van der Waals surface area contributed by atoms with Crippen molar-refractivity contribution in [3.63, 3.8) is 0 Å². The van der Waals surface area contributed by atoms with Crippen molar-refractivity contribution in [2.75, 3.05) is 13.1 Å². The van der Waals surface area contributed by atoms with Gasteiger partial charge in [0, 0.05) is 13.1 Å². The van der Waals surface area contributed by atoms with Gasteiger partial charge in [0.25, 0.3) is 0 Å². The van der Waals surface area contributed by atoms with Gasteiger partial charge in [0.05, 0.1) is 0 Å². The van der Waals surface area contributed by atoms with E-state index in [9.17, 15) is 0 Å². The molecule has 0 aliphatic carbocycles. The Kier molecular flexibility index (Phi) is 6.38. The van der Waals surface area contributed by atoms with Crippen LogP contribution in [0.1, 0.15) is 45.4 Å². The highest BCUT2D eigenvalue weighted by Gasteiger charge is 2.05. The summed E-state index contributed by atoms with van der Waals surface area (Å²) in [5.41, 5.74) is 0. The summed E-state index contributed by atoms with van der Waals surface area (Å²) >= 11 is 1.86. The molecule has 1 nitrogen and oxygen atoms in total. The minimum Gasteiger partial charge on any atom is -0.243 e. The van der Waals surface area contributed by atoms with Crippen LogP contribution in [0.2, 0.25) is 0 Å². The molecule has 0 spiro atoms. The van der Waals surface area contributed by atoms with E-state index >= 15 is 0 Å². The van der Waals surface area contributed by atoms with E-state index in [1.165, 1.54) is 45.1 Å². The molecular formula is C11H21NS. The van der Waals surface area contributed by atoms with Gasteiger partial charge in [-0.3, -0.25) is 0 Å². The lowest BCUT2D eigenvalue weighted by Gasteiger charge is -2.12. The van der Waals surface area contributed by atoms with E-state index in [4.69, 9.17) is 0 Å². The van der Waals surface area contributed by atoms with Gasteiger partial charge in [0.1, 0.15) is 0 Å². The summed E-state index contributed by atoms with van der Waals surface area (Å²) in [6.45, 7) is 4.69. The molecule has 2 heteroatoms. The smallest absolute Gasteiger partial charge is 0.0282 e. The molecule has 0 aromatic heterocycles. The average molecular weight is 199 g/mol. The molecule has 76 valence electrons. The highest BCUT2D eigenvalue weighted by molar-refractivity contribution is 8.00. The molecule has 0 radical (unpaired) electrons. The van der Waals surface area contributed by atoms with Crippen molar-refractivity contribution >= 4 is 11.9 Å². The van der Waals surface area contributed by atoms with Crippen LogP contribution in [0.4, 0.5) is 0 Å². The van der Waals surface area contributed by atoms with Crippen LogP contribution in [0, 0.1) is 0 Å². The molecule has 0 unspecified atom stereocenters. The first-order chi connectivity index (χ1) is 6.43. The van der Waals surface area contributed by atoms with E-state index in [1.54, 1.807) is 0 Å². The van der Waals surface area contributed by atoms with Crippen LogP contribution >= 0.6 is 11.9 Å². The maximum atomic E-state index is 2.43. The lowest BCUT2D eigenvalue weighted by Crippen LogP contribution is -2.12. The van der Waals surface area contributed by atoms with Gasteiger partial charge in [-0.05, 0) is 11.8 Å². The Morgan fingerprint density at radius 3 is 2.62 bits per heavy atom.